The lowest BCUT2D eigenvalue weighted by molar-refractivity contribution is -0.129. The van der Waals surface area contributed by atoms with Crippen LogP contribution in [0.2, 0.25) is 0 Å². The van der Waals surface area contributed by atoms with Crippen LogP contribution in [0.1, 0.15) is 48.3 Å². The maximum atomic E-state index is 13.0. The molecule has 4 nitrogen and oxygen atoms in total. The molecule has 134 valence electrons. The topological polar surface area (TPSA) is 46.6 Å². The average molecular weight is 349 g/mol. The fourth-order valence-electron chi connectivity index (χ4n) is 4.32. The quantitative estimate of drug-likeness (QED) is 0.829. The highest BCUT2D eigenvalue weighted by atomic mass is 16.6. The van der Waals surface area contributed by atoms with E-state index in [1.807, 2.05) is 42.5 Å². The molecule has 1 aliphatic carbocycles. The van der Waals surface area contributed by atoms with Gasteiger partial charge in [-0.2, -0.15) is 0 Å². The van der Waals surface area contributed by atoms with Gasteiger partial charge in [-0.05, 0) is 41.4 Å². The lowest BCUT2D eigenvalue weighted by Crippen LogP contribution is -2.40. The highest BCUT2D eigenvalue weighted by Crippen LogP contribution is 2.43. The standard InChI is InChI=1S/C22H23NO3/c1-15-11-17(20-10-6-5-9-19(15)20)13-21(24)23-18(14-26-22(23)25)12-16-7-3-2-4-8-16/h2-10,15,17-18H,11-14H2,1H3/t15-,17-,18-/m0/s1. The Morgan fingerprint density at radius 3 is 2.54 bits per heavy atom. The Morgan fingerprint density at radius 1 is 1.08 bits per heavy atom. The predicted molar refractivity (Wildman–Crippen MR) is 99.0 cm³/mol. The molecule has 0 saturated carbocycles. The molecule has 1 heterocycles. The van der Waals surface area contributed by atoms with Gasteiger partial charge in [-0.25, -0.2) is 9.69 Å². The van der Waals surface area contributed by atoms with E-state index in [9.17, 15) is 9.59 Å². The first-order valence-electron chi connectivity index (χ1n) is 9.25. The summed E-state index contributed by atoms with van der Waals surface area (Å²) in [6.07, 6.45) is 1.45. The van der Waals surface area contributed by atoms with Crippen LogP contribution >= 0.6 is 0 Å². The van der Waals surface area contributed by atoms with Gasteiger partial charge >= 0.3 is 6.09 Å². The number of carbonyl (C=O) groups is 2. The molecule has 26 heavy (non-hydrogen) atoms. The van der Waals surface area contributed by atoms with Crippen molar-refractivity contribution in [3.63, 3.8) is 0 Å². The summed E-state index contributed by atoms with van der Waals surface area (Å²) in [5.41, 5.74) is 3.68. The van der Waals surface area contributed by atoms with Gasteiger partial charge in [0.2, 0.25) is 5.91 Å². The van der Waals surface area contributed by atoms with E-state index < -0.39 is 6.09 Å². The Hall–Kier alpha value is -2.62. The van der Waals surface area contributed by atoms with E-state index in [-0.39, 0.29) is 24.5 Å². The first-order valence-corrected chi connectivity index (χ1v) is 9.25. The summed E-state index contributed by atoms with van der Waals surface area (Å²) in [6, 6.07) is 18.0. The zero-order valence-corrected chi connectivity index (χ0v) is 14.9. The minimum atomic E-state index is -0.504. The molecule has 0 aromatic heterocycles. The zero-order chi connectivity index (χ0) is 18.1. The predicted octanol–water partition coefficient (Wildman–Crippen LogP) is 4.26. The number of benzene rings is 2. The van der Waals surface area contributed by atoms with Gasteiger partial charge in [0.25, 0.3) is 0 Å². The van der Waals surface area contributed by atoms with Crippen molar-refractivity contribution in [3.8, 4) is 0 Å². The molecule has 0 radical (unpaired) electrons. The normalized spacial score (nSPS) is 24.4. The van der Waals surface area contributed by atoms with Crippen LogP contribution in [0, 0.1) is 0 Å². The molecule has 3 atom stereocenters. The lowest BCUT2D eigenvalue weighted by atomic mass is 9.96. The molecular formula is C22H23NO3. The second-order valence-corrected chi connectivity index (χ2v) is 7.35. The first-order chi connectivity index (χ1) is 12.6. The van der Waals surface area contributed by atoms with Gasteiger partial charge in [0, 0.05) is 6.42 Å². The van der Waals surface area contributed by atoms with E-state index in [0.717, 1.165) is 12.0 Å². The molecule has 1 saturated heterocycles. The van der Waals surface area contributed by atoms with Crippen LogP contribution in [0.3, 0.4) is 0 Å². The van der Waals surface area contributed by atoms with E-state index in [4.69, 9.17) is 4.74 Å². The van der Waals surface area contributed by atoms with E-state index in [2.05, 4.69) is 19.1 Å². The first kappa shape index (κ1) is 16.8. The third-order valence-corrected chi connectivity index (χ3v) is 5.57. The Kier molecular flexibility index (Phi) is 4.49. The SMILES string of the molecule is C[C@H]1C[C@@H](CC(=O)N2C(=O)OC[C@@H]2Cc2ccccc2)c2ccccc21. The van der Waals surface area contributed by atoms with Crippen molar-refractivity contribution >= 4 is 12.0 Å². The molecule has 4 heteroatoms. The molecule has 2 amide bonds. The molecule has 2 aromatic carbocycles. The van der Waals surface area contributed by atoms with Crippen LogP contribution < -0.4 is 0 Å². The Balaban J connectivity index is 1.49. The minimum Gasteiger partial charge on any atom is -0.447 e. The van der Waals surface area contributed by atoms with Crippen LogP contribution in [0.4, 0.5) is 4.79 Å². The highest BCUT2D eigenvalue weighted by Gasteiger charge is 2.40. The van der Waals surface area contributed by atoms with Crippen molar-refractivity contribution in [3.05, 3.63) is 71.3 Å². The lowest BCUT2D eigenvalue weighted by Gasteiger charge is -2.21. The van der Waals surface area contributed by atoms with Gasteiger partial charge in [0.15, 0.2) is 0 Å². The number of imide groups is 1. The van der Waals surface area contributed by atoms with E-state index >= 15 is 0 Å². The summed E-state index contributed by atoms with van der Waals surface area (Å²) in [4.78, 5) is 26.5. The minimum absolute atomic E-state index is 0.123. The van der Waals surface area contributed by atoms with Crippen LogP contribution in [0.5, 0.6) is 0 Å². The molecule has 0 spiro atoms. The molecule has 4 rings (SSSR count). The third kappa shape index (κ3) is 3.12. The van der Waals surface area contributed by atoms with Crippen molar-refractivity contribution in [2.24, 2.45) is 0 Å². The average Bonchev–Trinajstić information content (AvgIpc) is 3.16. The number of hydrogen-bond donors (Lipinski definition) is 0. The van der Waals surface area contributed by atoms with Crippen molar-refractivity contribution in [1.29, 1.82) is 0 Å². The monoisotopic (exact) mass is 349 g/mol. The fourth-order valence-corrected chi connectivity index (χ4v) is 4.32. The van der Waals surface area contributed by atoms with Gasteiger partial charge < -0.3 is 4.74 Å². The number of nitrogens with zero attached hydrogens (tertiary/aromatic N) is 1. The Bertz CT molecular complexity index is 817. The molecule has 0 bridgehead atoms. The maximum Gasteiger partial charge on any atom is 0.416 e. The van der Waals surface area contributed by atoms with Crippen LogP contribution in [0.15, 0.2) is 54.6 Å². The molecule has 1 aliphatic heterocycles. The largest absolute Gasteiger partial charge is 0.447 e. The molecule has 1 fully saturated rings. The second kappa shape index (κ2) is 6.94. The summed E-state index contributed by atoms with van der Waals surface area (Å²) in [7, 11) is 0. The molecule has 2 aromatic rings. The number of rotatable bonds is 4. The van der Waals surface area contributed by atoms with Crippen LogP contribution in [-0.2, 0) is 16.0 Å². The van der Waals surface area contributed by atoms with E-state index in [1.165, 1.54) is 16.0 Å². The van der Waals surface area contributed by atoms with Crippen LogP contribution in [0.25, 0.3) is 0 Å². The molecule has 0 N–H and O–H groups in total. The highest BCUT2D eigenvalue weighted by molar-refractivity contribution is 5.94. The maximum absolute atomic E-state index is 13.0. The van der Waals surface area contributed by atoms with Gasteiger partial charge in [-0.1, -0.05) is 61.5 Å². The van der Waals surface area contributed by atoms with Crippen molar-refractivity contribution in [2.45, 2.75) is 44.1 Å². The number of cyclic esters (lactones) is 1. The summed E-state index contributed by atoms with van der Waals surface area (Å²) < 4.78 is 5.19. The van der Waals surface area contributed by atoms with Crippen molar-refractivity contribution in [2.75, 3.05) is 6.61 Å². The van der Waals surface area contributed by atoms with Gasteiger partial charge in [-0.3, -0.25) is 4.79 Å². The summed E-state index contributed by atoms with van der Waals surface area (Å²) in [6.45, 7) is 2.47. The summed E-state index contributed by atoms with van der Waals surface area (Å²) in [5, 5.41) is 0. The van der Waals surface area contributed by atoms with Gasteiger partial charge in [0.1, 0.15) is 6.61 Å². The van der Waals surface area contributed by atoms with Crippen LogP contribution in [-0.4, -0.2) is 29.5 Å². The third-order valence-electron chi connectivity index (χ3n) is 5.57. The zero-order valence-electron chi connectivity index (χ0n) is 14.9. The smallest absolute Gasteiger partial charge is 0.416 e. The Morgan fingerprint density at radius 2 is 1.77 bits per heavy atom. The van der Waals surface area contributed by atoms with Crippen molar-refractivity contribution < 1.29 is 14.3 Å². The van der Waals surface area contributed by atoms with Gasteiger partial charge in [-0.15, -0.1) is 0 Å². The van der Waals surface area contributed by atoms with Gasteiger partial charge in [0.05, 0.1) is 6.04 Å². The summed E-state index contributed by atoms with van der Waals surface area (Å²) >= 11 is 0. The molecule has 0 unspecified atom stereocenters. The van der Waals surface area contributed by atoms with Crippen molar-refractivity contribution in [1.82, 2.24) is 4.90 Å². The number of fused-ring (bicyclic) bond motifs is 1. The number of hydrogen-bond acceptors (Lipinski definition) is 3. The van der Waals surface area contributed by atoms with E-state index in [0.29, 0.717) is 18.8 Å². The number of amides is 2. The number of ether oxygens (including phenoxy) is 1. The number of carbonyl (C=O) groups excluding carboxylic acids is 2. The molecule has 2 aliphatic rings. The fraction of sp³-hybridized carbons (Fsp3) is 0.364. The molecular weight excluding hydrogens is 326 g/mol. The summed E-state index contributed by atoms with van der Waals surface area (Å²) in [5.74, 6) is 0.511. The Labute approximate surface area is 153 Å². The van der Waals surface area contributed by atoms with E-state index in [1.54, 1.807) is 0 Å². The second-order valence-electron chi connectivity index (χ2n) is 7.35.